The Kier molecular flexibility index (Phi) is 6.90. The third kappa shape index (κ3) is 8.02. The number of carbonyl (C=O) groups excluding carboxylic acids is 2. The van der Waals surface area contributed by atoms with Gasteiger partial charge < -0.3 is 14.8 Å². The van der Waals surface area contributed by atoms with Crippen molar-refractivity contribution in [3.63, 3.8) is 0 Å². The molecule has 0 saturated heterocycles. The predicted molar refractivity (Wildman–Crippen MR) is 73.8 cm³/mol. The van der Waals surface area contributed by atoms with Crippen LogP contribution in [0, 0.1) is 0 Å². The maximum Gasteiger partial charge on any atom is 0.407 e. The van der Waals surface area contributed by atoms with Gasteiger partial charge in [0.25, 0.3) is 0 Å². The highest BCUT2D eigenvalue weighted by molar-refractivity contribution is 5.92. The van der Waals surface area contributed by atoms with Crippen LogP contribution in [-0.2, 0) is 14.3 Å². The number of rotatable bonds is 6. The van der Waals surface area contributed by atoms with E-state index in [0.717, 1.165) is 0 Å². The minimum Gasteiger partial charge on any atom is -0.465 e. The molecule has 0 aliphatic heterocycles. The molecule has 0 saturated carbocycles. The van der Waals surface area contributed by atoms with E-state index in [1.807, 2.05) is 0 Å². The second-order valence-corrected chi connectivity index (χ2v) is 5.11. The van der Waals surface area contributed by atoms with Crippen molar-refractivity contribution in [2.24, 2.45) is 0 Å². The van der Waals surface area contributed by atoms with Gasteiger partial charge in [-0.15, -0.1) is 0 Å². The Hall–Kier alpha value is -1.78. The lowest BCUT2D eigenvalue weighted by atomic mass is 10.0. The Labute approximate surface area is 114 Å². The summed E-state index contributed by atoms with van der Waals surface area (Å²) in [5.74, 6) is -0.481. The summed E-state index contributed by atoms with van der Waals surface area (Å²) in [5, 5.41) is 2.63. The zero-order valence-electron chi connectivity index (χ0n) is 12.2. The molecule has 0 aliphatic carbocycles. The number of hydrogen-bond donors (Lipinski definition) is 1. The van der Waals surface area contributed by atoms with Gasteiger partial charge in [0.1, 0.15) is 5.60 Å². The van der Waals surface area contributed by atoms with E-state index in [1.54, 1.807) is 20.8 Å². The highest BCUT2D eigenvalue weighted by Gasteiger charge is 2.15. The lowest BCUT2D eigenvalue weighted by Gasteiger charge is -2.19. The van der Waals surface area contributed by atoms with Crippen molar-refractivity contribution in [1.82, 2.24) is 5.32 Å². The SMILES string of the molecule is C=C(CCCNC(=O)OC(C)(C)C)C(=C)C(=O)OC. The molecule has 0 atom stereocenters. The van der Waals surface area contributed by atoms with Gasteiger partial charge in [-0.3, -0.25) is 0 Å². The Bertz CT molecular complexity index is 366. The average molecular weight is 269 g/mol. The summed E-state index contributed by atoms with van der Waals surface area (Å²) in [4.78, 5) is 22.5. The van der Waals surface area contributed by atoms with E-state index in [4.69, 9.17) is 4.74 Å². The van der Waals surface area contributed by atoms with Gasteiger partial charge in [-0.2, -0.15) is 0 Å². The maximum atomic E-state index is 11.3. The van der Waals surface area contributed by atoms with Crippen molar-refractivity contribution in [2.75, 3.05) is 13.7 Å². The summed E-state index contributed by atoms with van der Waals surface area (Å²) in [6, 6.07) is 0. The van der Waals surface area contributed by atoms with Crippen LogP contribution < -0.4 is 5.32 Å². The van der Waals surface area contributed by atoms with Crippen LogP contribution in [-0.4, -0.2) is 31.3 Å². The van der Waals surface area contributed by atoms with Crippen molar-refractivity contribution in [1.29, 1.82) is 0 Å². The molecule has 5 nitrogen and oxygen atoms in total. The predicted octanol–water partition coefficient (Wildman–Crippen LogP) is 2.58. The molecule has 5 heteroatoms. The molecule has 19 heavy (non-hydrogen) atoms. The van der Waals surface area contributed by atoms with E-state index in [2.05, 4.69) is 23.2 Å². The van der Waals surface area contributed by atoms with E-state index in [0.29, 0.717) is 25.0 Å². The fourth-order valence-electron chi connectivity index (χ4n) is 1.22. The van der Waals surface area contributed by atoms with Gasteiger partial charge in [0.2, 0.25) is 0 Å². The molecule has 0 bridgehead atoms. The monoisotopic (exact) mass is 269 g/mol. The van der Waals surface area contributed by atoms with Crippen LogP contribution >= 0.6 is 0 Å². The van der Waals surface area contributed by atoms with E-state index in [9.17, 15) is 9.59 Å². The summed E-state index contributed by atoms with van der Waals surface area (Å²) in [7, 11) is 1.30. The summed E-state index contributed by atoms with van der Waals surface area (Å²) in [6.45, 7) is 13.2. The quantitative estimate of drug-likeness (QED) is 0.348. The first-order valence-corrected chi connectivity index (χ1v) is 6.09. The zero-order chi connectivity index (χ0) is 15.1. The molecule has 0 aromatic heterocycles. The number of ether oxygens (including phenoxy) is 2. The topological polar surface area (TPSA) is 64.6 Å². The number of amides is 1. The number of alkyl carbamates (subject to hydrolysis) is 1. The van der Waals surface area contributed by atoms with Crippen LogP contribution in [0.25, 0.3) is 0 Å². The Morgan fingerprint density at radius 1 is 1.21 bits per heavy atom. The minimum atomic E-state index is -0.507. The van der Waals surface area contributed by atoms with Crippen LogP contribution in [0.2, 0.25) is 0 Å². The lowest BCUT2D eigenvalue weighted by molar-refractivity contribution is -0.135. The maximum absolute atomic E-state index is 11.3. The average Bonchev–Trinajstić information content (AvgIpc) is 2.30. The number of nitrogens with one attached hydrogen (secondary N) is 1. The Morgan fingerprint density at radius 2 is 1.79 bits per heavy atom. The summed E-state index contributed by atoms with van der Waals surface area (Å²) < 4.78 is 9.63. The number of methoxy groups -OCH3 is 1. The lowest BCUT2D eigenvalue weighted by Crippen LogP contribution is -2.33. The molecular formula is C14H23NO4. The van der Waals surface area contributed by atoms with Crippen molar-refractivity contribution in [2.45, 2.75) is 39.2 Å². The summed E-state index contributed by atoms with van der Waals surface area (Å²) >= 11 is 0. The molecule has 108 valence electrons. The highest BCUT2D eigenvalue weighted by Crippen LogP contribution is 2.13. The molecule has 0 rings (SSSR count). The van der Waals surface area contributed by atoms with E-state index < -0.39 is 17.7 Å². The molecule has 1 amide bonds. The fraction of sp³-hybridized carbons (Fsp3) is 0.571. The Balaban J connectivity index is 3.87. The molecule has 0 aromatic rings. The van der Waals surface area contributed by atoms with Crippen LogP contribution in [0.4, 0.5) is 4.79 Å². The van der Waals surface area contributed by atoms with Gasteiger partial charge in [0.15, 0.2) is 0 Å². The summed E-state index contributed by atoms with van der Waals surface area (Å²) in [6.07, 6.45) is 0.752. The molecule has 0 fully saturated rings. The van der Waals surface area contributed by atoms with Gasteiger partial charge in [-0.25, -0.2) is 9.59 Å². The van der Waals surface area contributed by atoms with E-state index in [-0.39, 0.29) is 5.57 Å². The molecule has 0 unspecified atom stereocenters. The smallest absolute Gasteiger partial charge is 0.407 e. The molecular weight excluding hydrogens is 246 g/mol. The highest BCUT2D eigenvalue weighted by atomic mass is 16.6. The van der Waals surface area contributed by atoms with Crippen LogP contribution in [0.1, 0.15) is 33.6 Å². The van der Waals surface area contributed by atoms with Crippen molar-refractivity contribution >= 4 is 12.1 Å². The molecule has 1 N–H and O–H groups in total. The van der Waals surface area contributed by atoms with Crippen molar-refractivity contribution in [3.05, 3.63) is 24.3 Å². The zero-order valence-corrected chi connectivity index (χ0v) is 12.2. The molecule has 0 aromatic carbocycles. The third-order valence-electron chi connectivity index (χ3n) is 2.18. The van der Waals surface area contributed by atoms with E-state index >= 15 is 0 Å². The Morgan fingerprint density at radius 3 is 2.26 bits per heavy atom. The standard InChI is InChI=1S/C14H23NO4/c1-10(11(2)12(16)18-6)8-7-9-15-13(17)19-14(3,4)5/h1-2,7-9H2,3-6H3,(H,15,17). The summed E-state index contributed by atoms with van der Waals surface area (Å²) in [5.41, 5.74) is 0.366. The fourth-order valence-corrected chi connectivity index (χ4v) is 1.22. The first-order chi connectivity index (χ1) is 8.67. The van der Waals surface area contributed by atoms with Gasteiger partial charge in [-0.05, 0) is 39.2 Å². The number of carbonyl (C=O) groups is 2. The number of esters is 1. The number of hydrogen-bond acceptors (Lipinski definition) is 4. The van der Waals surface area contributed by atoms with Crippen LogP contribution in [0.5, 0.6) is 0 Å². The van der Waals surface area contributed by atoms with Crippen LogP contribution in [0.15, 0.2) is 24.3 Å². The molecule has 0 radical (unpaired) electrons. The van der Waals surface area contributed by atoms with Gasteiger partial charge >= 0.3 is 12.1 Å². The third-order valence-corrected chi connectivity index (χ3v) is 2.18. The van der Waals surface area contributed by atoms with Gasteiger partial charge in [0, 0.05) is 6.54 Å². The van der Waals surface area contributed by atoms with Crippen LogP contribution in [0.3, 0.4) is 0 Å². The minimum absolute atomic E-state index is 0.264. The first-order valence-electron chi connectivity index (χ1n) is 6.09. The second kappa shape index (κ2) is 7.61. The molecule has 0 heterocycles. The molecule has 0 aliphatic rings. The largest absolute Gasteiger partial charge is 0.465 e. The van der Waals surface area contributed by atoms with Crippen molar-refractivity contribution < 1.29 is 19.1 Å². The molecule has 0 spiro atoms. The second-order valence-electron chi connectivity index (χ2n) is 5.11. The van der Waals surface area contributed by atoms with E-state index in [1.165, 1.54) is 7.11 Å². The first kappa shape index (κ1) is 17.2. The van der Waals surface area contributed by atoms with Gasteiger partial charge in [-0.1, -0.05) is 13.2 Å². The normalized spacial score (nSPS) is 10.5. The van der Waals surface area contributed by atoms with Crippen molar-refractivity contribution in [3.8, 4) is 0 Å². The van der Waals surface area contributed by atoms with Gasteiger partial charge in [0.05, 0.1) is 12.7 Å².